The molecule has 92 valence electrons. The molecule has 0 fully saturated rings. The van der Waals surface area contributed by atoms with Crippen LogP contribution in [-0.2, 0) is 9.53 Å². The summed E-state index contributed by atoms with van der Waals surface area (Å²) in [6.45, 7) is 4.01. The first kappa shape index (κ1) is 13.2. The number of hydrogen-bond acceptors (Lipinski definition) is 4. The molecule has 1 rings (SSSR count). The maximum atomic E-state index is 11.3. The van der Waals surface area contributed by atoms with Gasteiger partial charge in [0.1, 0.15) is 0 Å². The molecule has 0 N–H and O–H groups in total. The number of ether oxygens (including phenoxy) is 1. The minimum atomic E-state index is -0.445. The van der Waals surface area contributed by atoms with Crippen molar-refractivity contribution in [3.05, 3.63) is 39.9 Å². The van der Waals surface area contributed by atoms with Crippen LogP contribution in [0.2, 0.25) is 0 Å². The summed E-state index contributed by atoms with van der Waals surface area (Å²) in [7, 11) is 0. The molecule has 5 nitrogen and oxygen atoms in total. The summed E-state index contributed by atoms with van der Waals surface area (Å²) in [6.07, 6.45) is 0.283. The van der Waals surface area contributed by atoms with Crippen molar-refractivity contribution in [2.24, 2.45) is 0 Å². The van der Waals surface area contributed by atoms with E-state index in [0.29, 0.717) is 6.61 Å². The highest BCUT2D eigenvalue weighted by Crippen LogP contribution is 2.22. The summed E-state index contributed by atoms with van der Waals surface area (Å²) in [6, 6.07) is 6.22. The highest BCUT2D eigenvalue weighted by molar-refractivity contribution is 5.70. The van der Waals surface area contributed by atoms with Crippen LogP contribution in [-0.4, -0.2) is 17.5 Å². The summed E-state index contributed by atoms with van der Waals surface area (Å²) in [5.41, 5.74) is 0.945. The fourth-order valence-corrected chi connectivity index (χ4v) is 1.51. The molecule has 17 heavy (non-hydrogen) atoms. The Balaban J connectivity index is 2.66. The summed E-state index contributed by atoms with van der Waals surface area (Å²) in [4.78, 5) is 21.3. The van der Waals surface area contributed by atoms with Crippen LogP contribution in [0.15, 0.2) is 24.3 Å². The van der Waals surface area contributed by atoms with Crippen molar-refractivity contribution in [1.82, 2.24) is 0 Å². The molecule has 0 saturated heterocycles. The van der Waals surface area contributed by atoms with Gasteiger partial charge in [0.25, 0.3) is 5.69 Å². The first-order chi connectivity index (χ1) is 8.04. The molecule has 1 aromatic carbocycles. The summed E-state index contributed by atoms with van der Waals surface area (Å²) in [5.74, 6) is -0.256. The molecule has 0 aromatic heterocycles. The quantitative estimate of drug-likeness (QED) is 0.448. The van der Waals surface area contributed by atoms with Crippen molar-refractivity contribution >= 4 is 11.7 Å². The molecule has 0 radical (unpaired) electrons. The third-order valence-electron chi connectivity index (χ3n) is 2.45. The molecule has 1 unspecified atom stereocenters. The molecule has 0 heterocycles. The minimum absolute atomic E-state index is 0.00476. The fraction of sp³-hybridized carbons (Fsp3) is 0.417. The molecular formula is C12H15NO4. The highest BCUT2D eigenvalue weighted by atomic mass is 16.6. The summed E-state index contributed by atoms with van der Waals surface area (Å²) < 4.78 is 4.85. The van der Waals surface area contributed by atoms with Gasteiger partial charge in [-0.2, -0.15) is 0 Å². The number of benzene rings is 1. The van der Waals surface area contributed by atoms with Crippen LogP contribution in [0.25, 0.3) is 0 Å². The summed E-state index contributed by atoms with van der Waals surface area (Å²) >= 11 is 0. The Labute approximate surface area is 99.5 Å². The molecule has 0 aliphatic rings. The van der Waals surface area contributed by atoms with Gasteiger partial charge in [0.15, 0.2) is 0 Å². The van der Waals surface area contributed by atoms with Crippen LogP contribution in [0.1, 0.15) is 31.7 Å². The van der Waals surface area contributed by atoms with E-state index in [4.69, 9.17) is 4.74 Å². The average molecular weight is 237 g/mol. The number of nitro groups is 1. The van der Waals surface area contributed by atoms with Crippen molar-refractivity contribution in [3.63, 3.8) is 0 Å². The van der Waals surface area contributed by atoms with E-state index in [9.17, 15) is 14.9 Å². The van der Waals surface area contributed by atoms with Gasteiger partial charge in [-0.3, -0.25) is 14.9 Å². The number of rotatable bonds is 5. The van der Waals surface area contributed by atoms with Gasteiger partial charge in [-0.05, 0) is 18.4 Å². The Morgan fingerprint density at radius 2 is 2.00 bits per heavy atom. The first-order valence-electron chi connectivity index (χ1n) is 5.44. The second-order valence-corrected chi connectivity index (χ2v) is 3.76. The standard InChI is InChI=1S/C12H15NO4/c1-3-17-12(14)8-9(2)10-4-6-11(7-5-10)13(15)16/h4-7,9H,3,8H2,1-2H3. The Bertz CT molecular complexity index is 399. The molecule has 1 aromatic rings. The van der Waals surface area contributed by atoms with Crippen molar-refractivity contribution < 1.29 is 14.5 Å². The molecule has 0 bridgehead atoms. The van der Waals surface area contributed by atoms with Gasteiger partial charge in [0, 0.05) is 12.1 Å². The largest absolute Gasteiger partial charge is 0.466 e. The summed E-state index contributed by atoms with van der Waals surface area (Å²) in [5, 5.41) is 10.5. The zero-order valence-electron chi connectivity index (χ0n) is 9.88. The monoisotopic (exact) mass is 237 g/mol. The molecule has 5 heteroatoms. The number of esters is 1. The van der Waals surface area contributed by atoms with Crippen LogP contribution >= 0.6 is 0 Å². The smallest absolute Gasteiger partial charge is 0.306 e. The van der Waals surface area contributed by atoms with Crippen molar-refractivity contribution in [3.8, 4) is 0 Å². The van der Waals surface area contributed by atoms with Gasteiger partial charge in [0.2, 0.25) is 0 Å². The Morgan fingerprint density at radius 3 is 2.47 bits per heavy atom. The zero-order valence-corrected chi connectivity index (χ0v) is 9.88. The van der Waals surface area contributed by atoms with Crippen LogP contribution < -0.4 is 0 Å². The van der Waals surface area contributed by atoms with Crippen LogP contribution in [0.3, 0.4) is 0 Å². The Morgan fingerprint density at radius 1 is 1.41 bits per heavy atom. The minimum Gasteiger partial charge on any atom is -0.466 e. The molecule has 0 aliphatic carbocycles. The number of hydrogen-bond donors (Lipinski definition) is 0. The SMILES string of the molecule is CCOC(=O)CC(C)c1ccc([N+](=O)[O-])cc1. The highest BCUT2D eigenvalue weighted by Gasteiger charge is 2.13. The topological polar surface area (TPSA) is 69.4 Å². The van der Waals surface area contributed by atoms with E-state index in [1.807, 2.05) is 6.92 Å². The number of carbonyl (C=O) groups is 1. The third-order valence-corrected chi connectivity index (χ3v) is 2.45. The predicted molar refractivity (Wildman–Crippen MR) is 62.8 cm³/mol. The second kappa shape index (κ2) is 5.98. The first-order valence-corrected chi connectivity index (χ1v) is 5.44. The Kier molecular flexibility index (Phi) is 4.63. The van der Waals surface area contributed by atoms with Crippen LogP contribution in [0, 0.1) is 10.1 Å². The van der Waals surface area contributed by atoms with Crippen LogP contribution in [0.4, 0.5) is 5.69 Å². The van der Waals surface area contributed by atoms with E-state index in [-0.39, 0.29) is 24.0 Å². The third kappa shape index (κ3) is 3.86. The maximum absolute atomic E-state index is 11.3. The van der Waals surface area contributed by atoms with Crippen molar-refractivity contribution in [2.45, 2.75) is 26.2 Å². The molecular weight excluding hydrogens is 222 g/mol. The maximum Gasteiger partial charge on any atom is 0.306 e. The number of non-ortho nitro benzene ring substituents is 1. The lowest BCUT2D eigenvalue weighted by Gasteiger charge is -2.10. The lowest BCUT2D eigenvalue weighted by molar-refractivity contribution is -0.384. The van der Waals surface area contributed by atoms with E-state index in [2.05, 4.69) is 0 Å². The van der Waals surface area contributed by atoms with Gasteiger partial charge < -0.3 is 4.74 Å². The van der Waals surface area contributed by atoms with Gasteiger partial charge in [-0.1, -0.05) is 19.1 Å². The molecule has 0 spiro atoms. The van der Waals surface area contributed by atoms with Crippen molar-refractivity contribution in [2.75, 3.05) is 6.61 Å². The normalized spacial score (nSPS) is 11.9. The van der Waals surface area contributed by atoms with Gasteiger partial charge in [0.05, 0.1) is 18.0 Å². The fourth-order valence-electron chi connectivity index (χ4n) is 1.51. The van der Waals surface area contributed by atoms with Gasteiger partial charge in [-0.25, -0.2) is 0 Å². The average Bonchev–Trinajstić information content (AvgIpc) is 2.29. The second-order valence-electron chi connectivity index (χ2n) is 3.76. The predicted octanol–water partition coefficient (Wildman–Crippen LogP) is 2.65. The zero-order chi connectivity index (χ0) is 12.8. The van der Waals surface area contributed by atoms with Gasteiger partial charge in [-0.15, -0.1) is 0 Å². The molecule has 1 atom stereocenters. The molecule has 0 aliphatic heterocycles. The number of carbonyl (C=O) groups excluding carboxylic acids is 1. The lowest BCUT2D eigenvalue weighted by atomic mass is 9.98. The Hall–Kier alpha value is -1.91. The number of nitro benzene ring substituents is 1. The molecule has 0 amide bonds. The van der Waals surface area contributed by atoms with Gasteiger partial charge >= 0.3 is 5.97 Å². The van der Waals surface area contributed by atoms with Crippen molar-refractivity contribution in [1.29, 1.82) is 0 Å². The van der Waals surface area contributed by atoms with E-state index in [1.165, 1.54) is 12.1 Å². The van der Waals surface area contributed by atoms with Crippen LogP contribution in [0.5, 0.6) is 0 Å². The van der Waals surface area contributed by atoms with E-state index in [1.54, 1.807) is 19.1 Å². The number of nitrogens with zero attached hydrogens (tertiary/aromatic N) is 1. The lowest BCUT2D eigenvalue weighted by Crippen LogP contribution is -2.08. The van der Waals surface area contributed by atoms with E-state index in [0.717, 1.165) is 5.56 Å². The van der Waals surface area contributed by atoms with E-state index >= 15 is 0 Å². The molecule has 0 saturated carbocycles. The van der Waals surface area contributed by atoms with E-state index < -0.39 is 4.92 Å².